The molecule has 0 bridgehead atoms. The lowest BCUT2D eigenvalue weighted by molar-refractivity contribution is -0.144. The van der Waals surface area contributed by atoms with Gasteiger partial charge in [0, 0.05) is 18.3 Å². The summed E-state index contributed by atoms with van der Waals surface area (Å²) in [5, 5.41) is 2.65. The van der Waals surface area contributed by atoms with Crippen LogP contribution in [0.1, 0.15) is 10.7 Å². The van der Waals surface area contributed by atoms with E-state index in [9.17, 15) is 13.2 Å². The van der Waals surface area contributed by atoms with Crippen LogP contribution < -0.4 is 5.73 Å². The van der Waals surface area contributed by atoms with Gasteiger partial charge in [-0.15, -0.1) is 11.3 Å². The van der Waals surface area contributed by atoms with Gasteiger partial charge in [-0.25, -0.2) is 4.98 Å². The Hall–Kier alpha value is -0.660. The van der Waals surface area contributed by atoms with Crippen molar-refractivity contribution in [2.45, 2.75) is 19.1 Å². The fourth-order valence-electron chi connectivity index (χ4n) is 1.30. The second kappa shape index (κ2) is 5.60. The topological polar surface area (TPSA) is 42.1 Å². The van der Waals surface area contributed by atoms with E-state index in [-0.39, 0.29) is 6.54 Å². The average molecular weight is 253 g/mol. The lowest BCUT2D eigenvalue weighted by Gasteiger charge is -2.16. The molecule has 1 aromatic rings. The van der Waals surface area contributed by atoms with Crippen LogP contribution in [0.3, 0.4) is 0 Å². The summed E-state index contributed by atoms with van der Waals surface area (Å²) in [6.07, 6.45) is -3.49. The van der Waals surface area contributed by atoms with Crippen molar-refractivity contribution in [1.82, 2.24) is 9.88 Å². The van der Waals surface area contributed by atoms with Crippen LogP contribution in [0.25, 0.3) is 0 Å². The average Bonchev–Trinajstić information content (AvgIpc) is 2.49. The van der Waals surface area contributed by atoms with Crippen LogP contribution in [0, 0.1) is 0 Å². The van der Waals surface area contributed by atoms with Gasteiger partial charge in [0.05, 0.1) is 17.2 Å². The first-order chi connectivity index (χ1) is 7.40. The quantitative estimate of drug-likeness (QED) is 0.867. The normalized spacial score (nSPS) is 12.4. The van der Waals surface area contributed by atoms with E-state index in [0.29, 0.717) is 18.7 Å². The Morgan fingerprint density at radius 3 is 2.75 bits per heavy atom. The van der Waals surface area contributed by atoms with Gasteiger partial charge in [0.25, 0.3) is 0 Å². The van der Waals surface area contributed by atoms with Crippen LogP contribution in [-0.4, -0.2) is 36.2 Å². The minimum Gasteiger partial charge on any atom is -0.330 e. The Morgan fingerprint density at radius 1 is 1.50 bits per heavy atom. The number of alkyl halides is 3. The van der Waals surface area contributed by atoms with Crippen molar-refractivity contribution < 1.29 is 13.2 Å². The maximum absolute atomic E-state index is 12.1. The lowest BCUT2D eigenvalue weighted by Crippen LogP contribution is -2.30. The minimum atomic E-state index is -4.16. The van der Waals surface area contributed by atoms with Crippen molar-refractivity contribution in [2.75, 3.05) is 20.1 Å². The molecule has 16 heavy (non-hydrogen) atoms. The van der Waals surface area contributed by atoms with Crippen LogP contribution >= 0.6 is 11.3 Å². The summed E-state index contributed by atoms with van der Waals surface area (Å²) in [4.78, 5) is 5.40. The highest BCUT2D eigenvalue weighted by atomic mass is 32.1. The molecule has 0 amide bonds. The number of halogens is 3. The molecule has 92 valence electrons. The number of hydrogen-bond donors (Lipinski definition) is 1. The van der Waals surface area contributed by atoms with Gasteiger partial charge < -0.3 is 5.73 Å². The number of nitrogens with zero attached hydrogens (tertiary/aromatic N) is 2. The molecule has 0 aromatic carbocycles. The van der Waals surface area contributed by atoms with Gasteiger partial charge >= 0.3 is 6.18 Å². The first-order valence-corrected chi connectivity index (χ1v) is 5.67. The summed E-state index contributed by atoms with van der Waals surface area (Å²) in [5.74, 6) is 0. The second-order valence-electron chi connectivity index (χ2n) is 3.56. The smallest absolute Gasteiger partial charge is 0.330 e. The Balaban J connectivity index is 2.46. The predicted octanol–water partition coefficient (Wildman–Crippen LogP) is 1.64. The second-order valence-corrected chi connectivity index (χ2v) is 4.50. The molecule has 1 heterocycles. The zero-order chi connectivity index (χ0) is 12.2. The highest BCUT2D eigenvalue weighted by Gasteiger charge is 2.29. The molecule has 0 aliphatic carbocycles. The molecule has 0 spiro atoms. The number of thiazole rings is 1. The molecule has 1 aromatic heterocycles. The Labute approximate surface area is 96.1 Å². The van der Waals surface area contributed by atoms with E-state index in [0.717, 1.165) is 5.01 Å². The molecule has 0 unspecified atom stereocenters. The van der Waals surface area contributed by atoms with Crippen molar-refractivity contribution in [3.63, 3.8) is 0 Å². The summed E-state index contributed by atoms with van der Waals surface area (Å²) < 4.78 is 36.2. The van der Waals surface area contributed by atoms with Crippen LogP contribution in [0.5, 0.6) is 0 Å². The Morgan fingerprint density at radius 2 is 2.19 bits per heavy atom. The number of hydrogen-bond acceptors (Lipinski definition) is 4. The van der Waals surface area contributed by atoms with Gasteiger partial charge in [0.1, 0.15) is 0 Å². The third-order valence-corrected chi connectivity index (χ3v) is 2.80. The van der Waals surface area contributed by atoms with Crippen molar-refractivity contribution in [1.29, 1.82) is 0 Å². The molecular formula is C9H14F3N3S. The standard InChI is InChI=1S/C9H14F3N3S/c1-15(6-9(10,11)12)4-7-5-16-8(14-7)2-3-13/h5H,2-4,6,13H2,1H3. The summed E-state index contributed by atoms with van der Waals surface area (Å²) in [7, 11) is 1.43. The summed E-state index contributed by atoms with van der Waals surface area (Å²) >= 11 is 1.44. The van der Waals surface area contributed by atoms with Crippen LogP contribution in [0.4, 0.5) is 13.2 Å². The van der Waals surface area contributed by atoms with E-state index in [2.05, 4.69) is 4.98 Å². The van der Waals surface area contributed by atoms with Gasteiger partial charge in [0.2, 0.25) is 0 Å². The number of rotatable bonds is 5. The van der Waals surface area contributed by atoms with E-state index >= 15 is 0 Å². The predicted molar refractivity (Wildman–Crippen MR) is 57.3 cm³/mol. The maximum atomic E-state index is 12.1. The van der Waals surface area contributed by atoms with Gasteiger partial charge in [-0.05, 0) is 13.6 Å². The number of nitrogens with two attached hydrogens (primary N) is 1. The van der Waals surface area contributed by atoms with Crippen LogP contribution in [0.2, 0.25) is 0 Å². The molecule has 3 nitrogen and oxygen atoms in total. The molecule has 0 atom stereocenters. The lowest BCUT2D eigenvalue weighted by atomic mass is 10.4. The zero-order valence-corrected chi connectivity index (χ0v) is 9.74. The van der Waals surface area contributed by atoms with Gasteiger partial charge in [-0.1, -0.05) is 0 Å². The van der Waals surface area contributed by atoms with E-state index in [1.807, 2.05) is 0 Å². The fourth-order valence-corrected chi connectivity index (χ4v) is 2.10. The van der Waals surface area contributed by atoms with Crippen molar-refractivity contribution in [3.8, 4) is 0 Å². The van der Waals surface area contributed by atoms with Crippen molar-refractivity contribution in [2.24, 2.45) is 5.73 Å². The Bertz CT molecular complexity index is 324. The molecule has 1 rings (SSSR count). The maximum Gasteiger partial charge on any atom is 0.401 e. The molecule has 0 fully saturated rings. The first kappa shape index (κ1) is 13.4. The van der Waals surface area contributed by atoms with Gasteiger partial charge in [0.15, 0.2) is 0 Å². The largest absolute Gasteiger partial charge is 0.401 e. The number of aromatic nitrogens is 1. The van der Waals surface area contributed by atoms with Crippen molar-refractivity contribution in [3.05, 3.63) is 16.1 Å². The molecule has 0 radical (unpaired) electrons. The highest BCUT2D eigenvalue weighted by molar-refractivity contribution is 7.09. The molecular weight excluding hydrogens is 239 g/mol. The fraction of sp³-hybridized carbons (Fsp3) is 0.667. The van der Waals surface area contributed by atoms with E-state index < -0.39 is 12.7 Å². The van der Waals surface area contributed by atoms with E-state index in [1.54, 1.807) is 5.38 Å². The minimum absolute atomic E-state index is 0.209. The third-order valence-electron chi connectivity index (χ3n) is 1.84. The summed E-state index contributed by atoms with van der Waals surface area (Å²) in [5.41, 5.74) is 6.03. The summed E-state index contributed by atoms with van der Waals surface area (Å²) in [6, 6.07) is 0. The molecule has 0 saturated heterocycles. The highest BCUT2D eigenvalue weighted by Crippen LogP contribution is 2.17. The van der Waals surface area contributed by atoms with Crippen LogP contribution in [0.15, 0.2) is 5.38 Å². The monoisotopic (exact) mass is 253 g/mol. The van der Waals surface area contributed by atoms with E-state index in [4.69, 9.17) is 5.73 Å². The molecule has 0 aliphatic rings. The third kappa shape index (κ3) is 4.91. The summed E-state index contributed by atoms with van der Waals surface area (Å²) in [6.45, 7) is -0.206. The molecule has 0 saturated carbocycles. The van der Waals surface area contributed by atoms with Crippen molar-refractivity contribution >= 4 is 11.3 Å². The zero-order valence-electron chi connectivity index (χ0n) is 8.92. The molecule has 2 N–H and O–H groups in total. The first-order valence-electron chi connectivity index (χ1n) is 4.79. The van der Waals surface area contributed by atoms with Gasteiger partial charge in [-0.2, -0.15) is 13.2 Å². The van der Waals surface area contributed by atoms with Gasteiger partial charge in [-0.3, -0.25) is 4.90 Å². The SMILES string of the molecule is CN(Cc1csc(CCN)n1)CC(F)(F)F. The van der Waals surface area contributed by atoms with E-state index in [1.165, 1.54) is 23.3 Å². The molecule has 0 aliphatic heterocycles. The Kier molecular flexibility index (Phi) is 4.69. The molecule has 7 heteroatoms. The van der Waals surface area contributed by atoms with Crippen LogP contribution in [-0.2, 0) is 13.0 Å².